The summed E-state index contributed by atoms with van der Waals surface area (Å²) >= 11 is 0. The molecule has 14 heteroatoms. The van der Waals surface area contributed by atoms with Crippen LogP contribution in [0.2, 0.25) is 0 Å². The Hall–Kier alpha value is -4.52. The molecule has 0 spiro atoms. The fraction of sp³-hybridized carbons (Fsp3) is 0.227. The summed E-state index contributed by atoms with van der Waals surface area (Å²) in [6, 6.07) is 4.59. The van der Waals surface area contributed by atoms with Gasteiger partial charge in [0.2, 0.25) is 6.41 Å². The number of nitrogens with zero attached hydrogens (tertiary/aromatic N) is 3. The van der Waals surface area contributed by atoms with Gasteiger partial charge in [-0.25, -0.2) is 0 Å². The molecule has 192 valence electrons. The van der Waals surface area contributed by atoms with Crippen LogP contribution in [-0.2, 0) is 25.9 Å². The monoisotopic (exact) mass is 517 g/mol. The quantitative estimate of drug-likeness (QED) is 0.134. The normalized spacial score (nSPS) is 10.2. The largest absolute Gasteiger partial charge is 0.388 e. The van der Waals surface area contributed by atoms with Crippen LogP contribution < -0.4 is 27.0 Å². The zero-order chi connectivity index (χ0) is 25.7. The number of amidine groups is 1. The molecule has 0 saturated heterocycles. The van der Waals surface area contributed by atoms with Gasteiger partial charge >= 0.3 is 0 Å². The summed E-state index contributed by atoms with van der Waals surface area (Å²) in [6.07, 6.45) is 5.57. The Kier molecular flexibility index (Phi) is 9.05. The molecule has 3 rings (SSSR count). The van der Waals surface area contributed by atoms with Crippen molar-refractivity contribution in [1.82, 2.24) is 19.0 Å². The Morgan fingerprint density at radius 3 is 1.69 bits per heavy atom. The third kappa shape index (κ3) is 6.54. The molecule has 0 atom stereocenters. The molecule has 4 amide bonds. The maximum absolute atomic E-state index is 12.8. The molecule has 0 aliphatic heterocycles. The number of anilines is 3. The van der Waals surface area contributed by atoms with E-state index in [1.165, 1.54) is 18.2 Å². The first-order valence-electron chi connectivity index (χ1n) is 10.5. The van der Waals surface area contributed by atoms with Crippen molar-refractivity contribution in [3.63, 3.8) is 0 Å². The molecular formula is C22H28ClN9O4. The van der Waals surface area contributed by atoms with E-state index in [9.17, 15) is 19.2 Å². The summed E-state index contributed by atoms with van der Waals surface area (Å²) in [5, 5.41) is 17.8. The average Bonchev–Trinajstić information content (AvgIpc) is 3.44. The van der Waals surface area contributed by atoms with Crippen molar-refractivity contribution in [2.24, 2.45) is 26.9 Å². The van der Waals surface area contributed by atoms with Gasteiger partial charge < -0.3 is 40.7 Å². The van der Waals surface area contributed by atoms with E-state index in [1.807, 2.05) is 0 Å². The zero-order valence-corrected chi connectivity index (χ0v) is 20.7. The van der Waals surface area contributed by atoms with Gasteiger partial charge in [-0.1, -0.05) is 0 Å². The van der Waals surface area contributed by atoms with Gasteiger partial charge in [0.25, 0.3) is 17.7 Å². The van der Waals surface area contributed by atoms with Crippen molar-refractivity contribution in [2.75, 3.05) is 22.5 Å². The fourth-order valence-corrected chi connectivity index (χ4v) is 3.45. The van der Waals surface area contributed by atoms with Crippen molar-refractivity contribution in [3.05, 3.63) is 53.9 Å². The van der Waals surface area contributed by atoms with Crippen LogP contribution in [0, 0.1) is 5.41 Å². The van der Waals surface area contributed by atoms with E-state index < -0.39 is 11.8 Å². The van der Waals surface area contributed by atoms with E-state index in [4.69, 9.17) is 11.1 Å². The topological polar surface area (TPSA) is 181 Å². The van der Waals surface area contributed by atoms with E-state index in [-0.39, 0.29) is 42.8 Å². The lowest BCUT2D eigenvalue weighted by molar-refractivity contribution is -0.105. The number of carbonyl (C=O) groups excluding carboxylic acids is 4. The van der Waals surface area contributed by atoms with Crippen LogP contribution in [0.3, 0.4) is 0 Å². The first-order valence-corrected chi connectivity index (χ1v) is 10.5. The third-order valence-corrected chi connectivity index (χ3v) is 5.13. The summed E-state index contributed by atoms with van der Waals surface area (Å²) < 4.78 is 4.71. The summed E-state index contributed by atoms with van der Waals surface area (Å²) in [6.45, 7) is 0.233. The van der Waals surface area contributed by atoms with Crippen LogP contribution in [0.15, 0.2) is 36.8 Å². The van der Waals surface area contributed by atoms with E-state index in [2.05, 4.69) is 21.3 Å². The van der Waals surface area contributed by atoms with E-state index in [0.29, 0.717) is 34.9 Å². The lowest BCUT2D eigenvalue weighted by atomic mass is 10.3. The van der Waals surface area contributed by atoms with E-state index in [0.717, 1.165) is 0 Å². The van der Waals surface area contributed by atoms with Crippen molar-refractivity contribution in [3.8, 4) is 0 Å². The van der Waals surface area contributed by atoms with Crippen molar-refractivity contribution in [2.45, 2.75) is 6.42 Å². The van der Waals surface area contributed by atoms with Crippen LogP contribution in [-0.4, -0.2) is 50.2 Å². The van der Waals surface area contributed by atoms with Crippen molar-refractivity contribution >= 4 is 59.4 Å². The molecule has 0 aliphatic carbocycles. The molecule has 36 heavy (non-hydrogen) atoms. The number of aryl methyl sites for hydroxylation is 3. The number of nitrogens with two attached hydrogens (primary N) is 1. The summed E-state index contributed by atoms with van der Waals surface area (Å²) in [7, 11) is 5.01. The highest BCUT2D eigenvalue weighted by Gasteiger charge is 2.18. The first-order chi connectivity index (χ1) is 16.6. The Bertz CT molecular complexity index is 1300. The second kappa shape index (κ2) is 11.8. The van der Waals surface area contributed by atoms with E-state index >= 15 is 0 Å². The molecule has 0 unspecified atom stereocenters. The van der Waals surface area contributed by atoms with Gasteiger partial charge in [0.15, 0.2) is 0 Å². The molecule has 3 aromatic heterocycles. The van der Waals surface area contributed by atoms with Gasteiger partial charge in [-0.15, -0.1) is 12.4 Å². The molecular weight excluding hydrogens is 490 g/mol. The van der Waals surface area contributed by atoms with Gasteiger partial charge in [0, 0.05) is 52.7 Å². The maximum Gasteiger partial charge on any atom is 0.272 e. The van der Waals surface area contributed by atoms with E-state index in [1.54, 1.807) is 53.4 Å². The average molecular weight is 518 g/mol. The van der Waals surface area contributed by atoms with Crippen LogP contribution in [0.25, 0.3) is 0 Å². The predicted octanol–water partition coefficient (Wildman–Crippen LogP) is 1.25. The number of nitrogens with one attached hydrogen (secondary N) is 5. The lowest BCUT2D eigenvalue weighted by Gasteiger charge is -2.04. The van der Waals surface area contributed by atoms with Gasteiger partial charge in [0.05, 0.1) is 22.9 Å². The summed E-state index contributed by atoms with van der Waals surface area (Å²) in [5.74, 6) is -1.22. The number of halogens is 1. The number of aromatic nitrogens is 3. The smallest absolute Gasteiger partial charge is 0.272 e. The number of hydrogen-bond donors (Lipinski definition) is 6. The lowest BCUT2D eigenvalue weighted by Crippen LogP contribution is -2.28. The first kappa shape index (κ1) is 27.7. The maximum atomic E-state index is 12.8. The molecule has 0 saturated carbocycles. The van der Waals surface area contributed by atoms with Crippen LogP contribution >= 0.6 is 12.4 Å². The van der Waals surface area contributed by atoms with Gasteiger partial charge in [-0.05, 0) is 18.2 Å². The molecule has 13 nitrogen and oxygen atoms in total. The van der Waals surface area contributed by atoms with Gasteiger partial charge in [0.1, 0.15) is 17.1 Å². The molecule has 7 N–H and O–H groups in total. The Labute approximate surface area is 212 Å². The van der Waals surface area contributed by atoms with Crippen LogP contribution in [0.4, 0.5) is 17.1 Å². The second-order valence-electron chi connectivity index (χ2n) is 7.88. The molecule has 0 fully saturated rings. The summed E-state index contributed by atoms with van der Waals surface area (Å²) in [4.78, 5) is 48.4. The number of hydrogen-bond acceptors (Lipinski definition) is 5. The van der Waals surface area contributed by atoms with Crippen molar-refractivity contribution in [1.29, 1.82) is 5.41 Å². The predicted molar refractivity (Wildman–Crippen MR) is 138 cm³/mol. The molecule has 3 heterocycles. The molecule has 0 bridgehead atoms. The minimum Gasteiger partial charge on any atom is -0.388 e. The zero-order valence-electron chi connectivity index (χ0n) is 19.9. The number of amides is 4. The second-order valence-corrected chi connectivity index (χ2v) is 7.88. The Balaban J connectivity index is 0.00000456. The SMILES string of the molecule is Cl.Cn1cc(NC(=O)c2cc(NC(=O)c3cc(NC=O)cn3C)cn2C)cc1C(=O)NCCC(=N)N. The van der Waals surface area contributed by atoms with Crippen molar-refractivity contribution < 1.29 is 19.2 Å². The molecule has 0 radical (unpaired) electrons. The minimum atomic E-state index is -0.432. The summed E-state index contributed by atoms with van der Waals surface area (Å²) in [5.41, 5.74) is 7.53. The Morgan fingerprint density at radius 1 is 0.833 bits per heavy atom. The van der Waals surface area contributed by atoms with Crippen LogP contribution in [0.1, 0.15) is 37.9 Å². The standard InChI is InChI=1S/C22H27N9O4.ClH/c1-29-9-13(26-12-32)6-17(29)21(34)28-15-8-18(31(3)11-15)22(35)27-14-7-16(30(2)10-14)20(33)25-5-4-19(23)24;/h6-12H,4-5H2,1-3H3,(H3,23,24)(H,25,33)(H,26,32)(H,27,35)(H,28,34);1H. The molecule has 0 aliphatic rings. The molecule has 0 aromatic carbocycles. The number of carbonyl (C=O) groups is 4. The van der Waals surface area contributed by atoms with Gasteiger partial charge in [-0.3, -0.25) is 24.6 Å². The Morgan fingerprint density at radius 2 is 1.25 bits per heavy atom. The fourth-order valence-electron chi connectivity index (χ4n) is 3.45. The molecule has 3 aromatic rings. The highest BCUT2D eigenvalue weighted by molar-refractivity contribution is 6.07. The highest BCUT2D eigenvalue weighted by Crippen LogP contribution is 2.19. The third-order valence-electron chi connectivity index (χ3n) is 5.13. The van der Waals surface area contributed by atoms with Crippen LogP contribution in [0.5, 0.6) is 0 Å². The highest BCUT2D eigenvalue weighted by atomic mass is 35.5. The minimum absolute atomic E-state index is 0. The van der Waals surface area contributed by atoms with Gasteiger partial charge in [-0.2, -0.15) is 0 Å². The number of rotatable bonds is 10.